The fourth-order valence-electron chi connectivity index (χ4n) is 3.26. The zero-order chi connectivity index (χ0) is 19.3. The van der Waals surface area contributed by atoms with Crippen LogP contribution in [0.1, 0.15) is 23.0 Å². The maximum absolute atomic E-state index is 13.9. The maximum Gasteiger partial charge on any atom is 0.225 e. The Labute approximate surface area is 162 Å². The van der Waals surface area contributed by atoms with E-state index in [1.807, 2.05) is 54.6 Å². The van der Waals surface area contributed by atoms with Gasteiger partial charge in [0.15, 0.2) is 0 Å². The summed E-state index contributed by atoms with van der Waals surface area (Å²) in [7, 11) is 0. The fraction of sp³-hybridized carbons (Fsp3) is 0.130. The van der Waals surface area contributed by atoms with Crippen molar-refractivity contribution in [1.29, 1.82) is 0 Å². The van der Waals surface area contributed by atoms with Crippen LogP contribution in [0, 0.1) is 5.82 Å². The van der Waals surface area contributed by atoms with Gasteiger partial charge in [-0.25, -0.2) is 9.37 Å². The average molecular weight is 373 g/mol. The first-order valence-corrected chi connectivity index (χ1v) is 9.20. The maximum atomic E-state index is 13.9. The molecule has 5 heteroatoms. The number of benzene rings is 3. The lowest BCUT2D eigenvalue weighted by Crippen LogP contribution is -2.32. The lowest BCUT2D eigenvalue weighted by Gasteiger charge is -2.17. The Morgan fingerprint density at radius 1 is 0.964 bits per heavy atom. The first-order chi connectivity index (χ1) is 13.7. The number of aromatic amines is 1. The molecule has 0 saturated heterocycles. The summed E-state index contributed by atoms with van der Waals surface area (Å²) in [6.45, 7) is 0. The van der Waals surface area contributed by atoms with Crippen molar-refractivity contribution in [1.82, 2.24) is 15.3 Å². The topological polar surface area (TPSA) is 57.8 Å². The number of nitrogens with zero attached hydrogens (tertiary/aromatic N) is 1. The van der Waals surface area contributed by atoms with E-state index in [1.54, 1.807) is 18.2 Å². The first-order valence-electron chi connectivity index (χ1n) is 9.20. The molecule has 0 bridgehead atoms. The monoisotopic (exact) mass is 373 g/mol. The van der Waals surface area contributed by atoms with E-state index in [1.165, 1.54) is 6.07 Å². The van der Waals surface area contributed by atoms with Crippen LogP contribution < -0.4 is 5.32 Å². The summed E-state index contributed by atoms with van der Waals surface area (Å²) >= 11 is 0. The zero-order valence-corrected chi connectivity index (χ0v) is 15.2. The summed E-state index contributed by atoms with van der Waals surface area (Å²) < 4.78 is 13.9. The minimum absolute atomic E-state index is 0.0157. The third-order valence-electron chi connectivity index (χ3n) is 4.66. The number of hydrogen-bond donors (Lipinski definition) is 2. The van der Waals surface area contributed by atoms with Gasteiger partial charge in [0.1, 0.15) is 11.6 Å². The number of imidazole rings is 1. The summed E-state index contributed by atoms with van der Waals surface area (Å²) in [6.07, 6.45) is 0.571. The van der Waals surface area contributed by atoms with Gasteiger partial charge in [-0.05, 0) is 35.7 Å². The number of aromatic nitrogens is 2. The number of halogens is 1. The molecule has 3 aromatic carbocycles. The summed E-state index contributed by atoms with van der Waals surface area (Å²) in [5.74, 6) is 0.0689. The SMILES string of the molecule is O=C(Cc1ccccc1F)N[C@@H](Cc1ccccc1)c1nc2ccccc2[nH]1. The molecule has 1 atom stereocenters. The molecule has 0 aliphatic heterocycles. The fourth-order valence-corrected chi connectivity index (χ4v) is 3.26. The van der Waals surface area contributed by atoms with E-state index in [9.17, 15) is 9.18 Å². The van der Waals surface area contributed by atoms with Gasteiger partial charge in [-0.15, -0.1) is 0 Å². The predicted octanol–water partition coefficient (Wildman–Crippen LogP) is 4.34. The molecule has 1 heterocycles. The highest BCUT2D eigenvalue weighted by atomic mass is 19.1. The summed E-state index contributed by atoms with van der Waals surface area (Å²) in [4.78, 5) is 20.6. The number of para-hydroxylation sites is 2. The zero-order valence-electron chi connectivity index (χ0n) is 15.2. The van der Waals surface area contributed by atoms with E-state index in [-0.39, 0.29) is 24.2 Å². The Balaban J connectivity index is 1.59. The van der Waals surface area contributed by atoms with E-state index in [0.29, 0.717) is 17.8 Å². The molecule has 1 amide bonds. The van der Waals surface area contributed by atoms with Gasteiger partial charge in [0.2, 0.25) is 5.91 Å². The highest BCUT2D eigenvalue weighted by Gasteiger charge is 2.20. The predicted molar refractivity (Wildman–Crippen MR) is 107 cm³/mol. The van der Waals surface area contributed by atoms with Gasteiger partial charge >= 0.3 is 0 Å². The van der Waals surface area contributed by atoms with Crippen LogP contribution in [0.5, 0.6) is 0 Å². The van der Waals surface area contributed by atoms with Gasteiger partial charge in [-0.3, -0.25) is 4.79 Å². The number of nitrogens with one attached hydrogen (secondary N) is 2. The molecule has 4 nitrogen and oxygen atoms in total. The van der Waals surface area contributed by atoms with Crippen LogP contribution >= 0.6 is 0 Å². The van der Waals surface area contributed by atoms with Crippen molar-refractivity contribution in [3.05, 3.63) is 102 Å². The lowest BCUT2D eigenvalue weighted by atomic mass is 10.0. The minimum atomic E-state index is -0.374. The Hall–Kier alpha value is -3.47. The molecular weight excluding hydrogens is 353 g/mol. The Morgan fingerprint density at radius 2 is 1.68 bits per heavy atom. The molecule has 0 fully saturated rings. The van der Waals surface area contributed by atoms with E-state index in [4.69, 9.17) is 0 Å². The molecule has 0 aliphatic carbocycles. The van der Waals surface area contributed by atoms with Crippen LogP contribution in [-0.2, 0) is 17.6 Å². The van der Waals surface area contributed by atoms with Crippen molar-refractivity contribution in [2.24, 2.45) is 0 Å². The molecular formula is C23H20FN3O. The smallest absolute Gasteiger partial charge is 0.225 e. The molecule has 0 aliphatic rings. The molecule has 0 saturated carbocycles. The van der Waals surface area contributed by atoms with Crippen molar-refractivity contribution < 1.29 is 9.18 Å². The minimum Gasteiger partial charge on any atom is -0.346 e. The van der Waals surface area contributed by atoms with Gasteiger partial charge in [0.05, 0.1) is 23.5 Å². The molecule has 1 aromatic heterocycles. The average Bonchev–Trinajstić information content (AvgIpc) is 3.14. The van der Waals surface area contributed by atoms with Crippen LogP contribution in [0.15, 0.2) is 78.9 Å². The van der Waals surface area contributed by atoms with Crippen LogP contribution in [-0.4, -0.2) is 15.9 Å². The van der Waals surface area contributed by atoms with E-state index in [0.717, 1.165) is 16.6 Å². The second-order valence-corrected chi connectivity index (χ2v) is 6.72. The number of fused-ring (bicyclic) bond motifs is 1. The van der Waals surface area contributed by atoms with Crippen molar-refractivity contribution in [3.8, 4) is 0 Å². The third kappa shape index (κ3) is 4.09. The Kier molecular flexibility index (Phi) is 5.15. The molecule has 2 N–H and O–H groups in total. The second-order valence-electron chi connectivity index (χ2n) is 6.72. The highest BCUT2D eigenvalue weighted by Crippen LogP contribution is 2.20. The molecule has 4 aromatic rings. The quantitative estimate of drug-likeness (QED) is 0.528. The molecule has 140 valence electrons. The summed E-state index contributed by atoms with van der Waals surface area (Å²) in [5.41, 5.74) is 3.22. The lowest BCUT2D eigenvalue weighted by molar-refractivity contribution is -0.121. The van der Waals surface area contributed by atoms with E-state index < -0.39 is 0 Å². The van der Waals surface area contributed by atoms with Gasteiger partial charge in [0, 0.05) is 0 Å². The number of amides is 1. The first kappa shape index (κ1) is 17.9. The molecule has 0 radical (unpaired) electrons. The largest absolute Gasteiger partial charge is 0.346 e. The van der Waals surface area contributed by atoms with Gasteiger partial charge in [-0.1, -0.05) is 60.7 Å². The van der Waals surface area contributed by atoms with Crippen LogP contribution in [0.25, 0.3) is 11.0 Å². The van der Waals surface area contributed by atoms with E-state index >= 15 is 0 Å². The number of hydrogen-bond acceptors (Lipinski definition) is 2. The Bertz CT molecular complexity index is 1060. The number of carbonyl (C=O) groups excluding carboxylic acids is 1. The highest BCUT2D eigenvalue weighted by molar-refractivity contribution is 5.79. The molecule has 0 unspecified atom stereocenters. The van der Waals surface area contributed by atoms with Crippen LogP contribution in [0.3, 0.4) is 0 Å². The second kappa shape index (κ2) is 8.05. The summed E-state index contributed by atoms with van der Waals surface area (Å²) in [6, 6.07) is 23.6. The van der Waals surface area contributed by atoms with Crippen molar-refractivity contribution >= 4 is 16.9 Å². The number of carbonyl (C=O) groups is 1. The van der Waals surface area contributed by atoms with Crippen molar-refractivity contribution in [2.45, 2.75) is 18.9 Å². The third-order valence-corrected chi connectivity index (χ3v) is 4.66. The Morgan fingerprint density at radius 3 is 2.46 bits per heavy atom. The van der Waals surface area contributed by atoms with Gasteiger partial charge in [0.25, 0.3) is 0 Å². The van der Waals surface area contributed by atoms with Crippen LogP contribution in [0.4, 0.5) is 4.39 Å². The van der Waals surface area contributed by atoms with E-state index in [2.05, 4.69) is 15.3 Å². The van der Waals surface area contributed by atoms with Gasteiger partial charge < -0.3 is 10.3 Å². The molecule has 4 rings (SSSR count). The van der Waals surface area contributed by atoms with Crippen molar-refractivity contribution in [3.63, 3.8) is 0 Å². The molecule has 28 heavy (non-hydrogen) atoms. The standard InChI is InChI=1S/C23H20FN3O/c24-18-11-5-4-10-17(18)15-22(28)25-21(14-16-8-2-1-3-9-16)23-26-19-12-6-7-13-20(19)27-23/h1-13,21H,14-15H2,(H,25,28)(H,26,27)/t21-/m0/s1. The molecule has 0 spiro atoms. The van der Waals surface area contributed by atoms with Crippen molar-refractivity contribution in [2.75, 3.05) is 0 Å². The number of H-pyrrole nitrogens is 1. The van der Waals surface area contributed by atoms with Gasteiger partial charge in [-0.2, -0.15) is 0 Å². The normalized spacial score (nSPS) is 12.0. The van der Waals surface area contributed by atoms with Crippen LogP contribution in [0.2, 0.25) is 0 Å². The number of rotatable bonds is 6. The summed E-state index contributed by atoms with van der Waals surface area (Å²) in [5, 5.41) is 3.02.